The van der Waals surface area contributed by atoms with E-state index in [0.717, 1.165) is 5.56 Å². The molecule has 110 valence electrons. The van der Waals surface area contributed by atoms with Crippen molar-refractivity contribution in [2.24, 2.45) is 0 Å². The topological polar surface area (TPSA) is 133 Å². The van der Waals surface area contributed by atoms with Crippen molar-refractivity contribution in [3.8, 4) is 11.4 Å². The van der Waals surface area contributed by atoms with Crippen LogP contribution in [-0.4, -0.2) is 24.9 Å². The first kappa shape index (κ1) is 16.5. The lowest BCUT2D eigenvalue weighted by Gasteiger charge is -2.15. The second kappa shape index (κ2) is 6.25. The highest BCUT2D eigenvalue weighted by molar-refractivity contribution is 5.52. The maximum Gasteiger partial charge on any atom is 0.204 e. The molecule has 0 saturated heterocycles. The molecule has 0 fully saturated rings. The third-order valence-corrected chi connectivity index (χ3v) is 2.05. The van der Waals surface area contributed by atoms with Crippen LogP contribution in [-0.2, 0) is 5.54 Å². The van der Waals surface area contributed by atoms with Crippen LogP contribution in [0, 0.1) is 10.2 Å². The van der Waals surface area contributed by atoms with Crippen molar-refractivity contribution in [1.29, 1.82) is 0 Å². The lowest BCUT2D eigenvalue weighted by atomic mass is 10.1. The van der Waals surface area contributed by atoms with Gasteiger partial charge in [0.2, 0.25) is 5.82 Å². The van der Waals surface area contributed by atoms with Gasteiger partial charge in [0.25, 0.3) is 0 Å². The Bertz CT molecular complexity index is 527. The molecule has 0 bridgehead atoms. The summed E-state index contributed by atoms with van der Waals surface area (Å²) in [5.41, 5.74) is 0.869. The molecule has 1 aromatic heterocycles. The molecule has 0 aliphatic carbocycles. The lowest BCUT2D eigenvalue weighted by molar-refractivity contribution is -1.92. The maximum atomic E-state index is 8.60. The second-order valence-corrected chi connectivity index (χ2v) is 5.63. The summed E-state index contributed by atoms with van der Waals surface area (Å²) in [6.45, 7) is 6.14. The average molecular weight is 303 g/mol. The zero-order valence-electron chi connectivity index (χ0n) is 11.2. The van der Waals surface area contributed by atoms with Gasteiger partial charge in [0.05, 0.1) is 20.4 Å². The minimum atomic E-state index is -4.69. The number of aromatic nitrogens is 4. The van der Waals surface area contributed by atoms with Crippen LogP contribution in [0.15, 0.2) is 30.3 Å². The number of benzene rings is 1. The first-order valence-electron chi connectivity index (χ1n) is 5.56. The summed E-state index contributed by atoms with van der Waals surface area (Å²) in [7, 11) is -4.69. The molecule has 0 amide bonds. The minimum absolute atomic E-state index is 0.125. The Balaban J connectivity index is 0.000000347. The van der Waals surface area contributed by atoms with Crippen molar-refractivity contribution in [1.82, 2.24) is 20.2 Å². The fourth-order valence-corrected chi connectivity index (χ4v) is 1.20. The Kier molecular flexibility index (Phi) is 5.15. The smallest absolute Gasteiger partial charge is 0.183 e. The van der Waals surface area contributed by atoms with Crippen LogP contribution in [0.5, 0.6) is 0 Å². The standard InChI is InChI=1S/C11H14N4.ClHO4/c1-11(2,3)15-13-10(12-14-15)9-7-5-4-6-8-9;2-1(3,4)5/h4-8H,1-3H3;(H,2,3,4,5). The Hall–Kier alpha value is -1.58. The van der Waals surface area contributed by atoms with E-state index >= 15 is 0 Å². The largest absolute Gasteiger partial charge is 0.204 e. The lowest BCUT2D eigenvalue weighted by Crippen LogP contribution is -2.58. The zero-order chi connectivity index (χ0) is 15.4. The highest BCUT2D eigenvalue weighted by Gasteiger charge is 2.17. The first-order valence-corrected chi connectivity index (χ1v) is 6.83. The number of hydrogen-bond acceptors (Lipinski definition) is 7. The number of hydrogen-bond donors (Lipinski definition) is 1. The van der Waals surface area contributed by atoms with Crippen molar-refractivity contribution in [3.63, 3.8) is 0 Å². The summed E-state index contributed by atoms with van der Waals surface area (Å²) in [6, 6.07) is 9.85. The zero-order valence-corrected chi connectivity index (χ0v) is 12.0. The van der Waals surface area contributed by atoms with Gasteiger partial charge < -0.3 is 0 Å². The Morgan fingerprint density at radius 3 is 2.00 bits per heavy atom. The van der Waals surface area contributed by atoms with Crippen LogP contribution in [0.2, 0.25) is 0 Å². The molecule has 0 atom stereocenters. The Morgan fingerprint density at radius 2 is 1.60 bits per heavy atom. The number of halogens is 1. The van der Waals surface area contributed by atoms with Gasteiger partial charge in [0.15, 0.2) is 0 Å². The molecule has 2 rings (SSSR count). The molecule has 1 heterocycles. The quantitative estimate of drug-likeness (QED) is 0.642. The van der Waals surface area contributed by atoms with E-state index in [1.165, 1.54) is 0 Å². The monoisotopic (exact) mass is 302 g/mol. The molecule has 0 aliphatic heterocycles. The molecule has 8 nitrogen and oxygen atoms in total. The Morgan fingerprint density at radius 1 is 1.10 bits per heavy atom. The van der Waals surface area contributed by atoms with Gasteiger partial charge >= 0.3 is 0 Å². The van der Waals surface area contributed by atoms with Gasteiger partial charge in [-0.15, -0.1) is 10.2 Å². The predicted octanol–water partition coefficient (Wildman–Crippen LogP) is -2.03. The van der Waals surface area contributed by atoms with Gasteiger partial charge in [0.1, 0.15) is 0 Å². The molecule has 1 aromatic carbocycles. The highest BCUT2D eigenvalue weighted by Crippen LogP contribution is 2.15. The Labute approximate surface area is 118 Å². The molecular weight excluding hydrogens is 288 g/mol. The third-order valence-electron chi connectivity index (χ3n) is 2.05. The molecule has 0 spiro atoms. The molecule has 0 aliphatic rings. The summed E-state index contributed by atoms with van der Waals surface area (Å²) < 4.78 is 32.7. The molecule has 9 heteroatoms. The number of nitrogens with zero attached hydrogens (tertiary/aromatic N) is 4. The summed E-state index contributed by atoms with van der Waals surface area (Å²) in [5.74, 6) is 0.672. The van der Waals surface area contributed by atoms with Crippen molar-refractivity contribution in [2.45, 2.75) is 26.3 Å². The van der Waals surface area contributed by atoms with Crippen molar-refractivity contribution < 1.29 is 28.9 Å². The fourth-order valence-electron chi connectivity index (χ4n) is 1.20. The van der Waals surface area contributed by atoms with Crippen LogP contribution in [0.4, 0.5) is 0 Å². The average Bonchev–Trinajstić information content (AvgIpc) is 2.76. The van der Waals surface area contributed by atoms with Crippen LogP contribution in [0.3, 0.4) is 0 Å². The fraction of sp³-hybridized carbons (Fsp3) is 0.364. The SMILES string of the molecule is CC(C)(C)n1nnc(-c2ccccc2)n1.[O-][Cl+3]([O-])([O-])O. The minimum Gasteiger partial charge on any atom is -0.183 e. The predicted molar refractivity (Wildman–Crippen MR) is 60.5 cm³/mol. The molecule has 0 saturated carbocycles. The summed E-state index contributed by atoms with van der Waals surface area (Å²) in [6.07, 6.45) is 0. The summed E-state index contributed by atoms with van der Waals surface area (Å²) in [5, 5.41) is 12.4. The van der Waals surface area contributed by atoms with Crippen LogP contribution in [0.1, 0.15) is 20.8 Å². The van der Waals surface area contributed by atoms with Crippen molar-refractivity contribution >= 4 is 0 Å². The van der Waals surface area contributed by atoms with E-state index in [9.17, 15) is 0 Å². The third kappa shape index (κ3) is 6.04. The van der Waals surface area contributed by atoms with E-state index in [4.69, 9.17) is 18.6 Å². The number of tetrazole rings is 1. The van der Waals surface area contributed by atoms with Gasteiger partial charge in [-0.25, -0.2) is 0 Å². The van der Waals surface area contributed by atoms with E-state index in [0.29, 0.717) is 5.82 Å². The van der Waals surface area contributed by atoms with Gasteiger partial charge in [-0.05, 0) is 26.0 Å². The highest BCUT2D eigenvalue weighted by atomic mass is 35.7. The van der Waals surface area contributed by atoms with Crippen LogP contribution in [0.25, 0.3) is 11.4 Å². The molecule has 20 heavy (non-hydrogen) atoms. The normalized spacial score (nSPS) is 11.8. The van der Waals surface area contributed by atoms with E-state index in [1.807, 2.05) is 51.1 Å². The summed E-state index contributed by atoms with van der Waals surface area (Å²) >= 11 is 0. The van der Waals surface area contributed by atoms with Crippen LogP contribution >= 0.6 is 0 Å². The van der Waals surface area contributed by atoms with E-state index < -0.39 is 10.2 Å². The number of rotatable bonds is 1. The van der Waals surface area contributed by atoms with E-state index in [2.05, 4.69) is 15.4 Å². The maximum absolute atomic E-state index is 8.60. The van der Waals surface area contributed by atoms with Crippen molar-refractivity contribution in [3.05, 3.63) is 30.3 Å². The van der Waals surface area contributed by atoms with E-state index in [1.54, 1.807) is 4.80 Å². The summed E-state index contributed by atoms with van der Waals surface area (Å²) in [4.78, 5) is 1.63. The van der Waals surface area contributed by atoms with Crippen LogP contribution < -0.4 is 14.0 Å². The molecule has 0 unspecified atom stereocenters. The molecule has 2 aromatic rings. The van der Waals surface area contributed by atoms with Gasteiger partial charge in [-0.1, -0.05) is 30.3 Å². The van der Waals surface area contributed by atoms with E-state index in [-0.39, 0.29) is 5.54 Å². The molecule has 0 radical (unpaired) electrons. The van der Waals surface area contributed by atoms with Gasteiger partial charge in [-0.3, -0.25) is 0 Å². The van der Waals surface area contributed by atoms with Gasteiger partial charge in [-0.2, -0.15) is 18.8 Å². The molecular formula is C11H15ClN4O4. The van der Waals surface area contributed by atoms with Crippen molar-refractivity contribution in [2.75, 3.05) is 0 Å². The van der Waals surface area contributed by atoms with Gasteiger partial charge in [0, 0.05) is 5.56 Å². The first-order chi connectivity index (χ1) is 9.07. The molecule has 1 N–H and O–H groups in total. The second-order valence-electron chi connectivity index (χ2n) is 4.84.